The van der Waals surface area contributed by atoms with Crippen LogP contribution in [0.15, 0.2) is 12.1 Å². The van der Waals surface area contributed by atoms with Gasteiger partial charge in [0.25, 0.3) is 0 Å². The average Bonchev–Trinajstić information content (AvgIpc) is 2.51. The van der Waals surface area contributed by atoms with E-state index in [1.54, 1.807) is 32.9 Å². The number of aldehydes is 1. The van der Waals surface area contributed by atoms with Crippen LogP contribution in [0.1, 0.15) is 38.8 Å². The van der Waals surface area contributed by atoms with Crippen LogP contribution < -0.4 is 19.5 Å². The Balaban J connectivity index is 3.24. The Morgan fingerprint density at radius 3 is 2.04 bits per heavy atom. The van der Waals surface area contributed by atoms with Crippen molar-refractivity contribution < 1.29 is 28.5 Å². The molecular weight excluding hydrogens is 314 g/mol. The highest BCUT2D eigenvalue weighted by Gasteiger charge is 2.26. The molecule has 0 aliphatic heterocycles. The Morgan fingerprint density at radius 2 is 1.67 bits per heavy atom. The quantitative estimate of drug-likeness (QED) is 0.769. The van der Waals surface area contributed by atoms with Gasteiger partial charge in [0.15, 0.2) is 0 Å². The molecule has 1 N–H and O–H groups in total. The summed E-state index contributed by atoms with van der Waals surface area (Å²) < 4.78 is 21.2. The molecule has 0 aromatic heterocycles. The molecule has 0 fully saturated rings. The summed E-state index contributed by atoms with van der Waals surface area (Å²) >= 11 is 0. The predicted molar refractivity (Wildman–Crippen MR) is 88.9 cm³/mol. The van der Waals surface area contributed by atoms with Crippen molar-refractivity contribution in [2.75, 3.05) is 21.3 Å². The van der Waals surface area contributed by atoms with E-state index in [1.807, 2.05) is 0 Å². The number of hydrogen-bond donors (Lipinski definition) is 1. The van der Waals surface area contributed by atoms with Crippen molar-refractivity contribution in [3.63, 3.8) is 0 Å². The molecule has 1 atom stereocenters. The fourth-order valence-corrected chi connectivity index (χ4v) is 2.17. The molecule has 134 valence electrons. The largest absolute Gasteiger partial charge is 0.496 e. The van der Waals surface area contributed by atoms with Crippen molar-refractivity contribution >= 4 is 12.4 Å². The van der Waals surface area contributed by atoms with Crippen LogP contribution in [0.5, 0.6) is 17.2 Å². The van der Waals surface area contributed by atoms with Crippen molar-refractivity contribution in [2.24, 2.45) is 0 Å². The summed E-state index contributed by atoms with van der Waals surface area (Å²) in [4.78, 5) is 23.2. The molecule has 0 radical (unpaired) electrons. The lowest BCUT2D eigenvalue weighted by Crippen LogP contribution is -2.35. The average molecular weight is 339 g/mol. The first-order chi connectivity index (χ1) is 11.3. The number of methoxy groups -OCH3 is 3. The molecule has 1 amide bonds. The molecule has 7 nitrogen and oxygen atoms in total. The first-order valence-electron chi connectivity index (χ1n) is 7.48. The standard InChI is InChI=1S/C17H25NO6/c1-17(2,3)24-16(20)18-12(7-8-19)15-13(22-5)9-11(21-4)10-14(15)23-6/h8-10,12H,7H2,1-6H3,(H,18,20)/t12-/m0/s1. The number of ether oxygens (including phenoxy) is 4. The van der Waals surface area contributed by atoms with Crippen molar-refractivity contribution in [3.05, 3.63) is 17.7 Å². The molecule has 0 aliphatic rings. The maximum absolute atomic E-state index is 12.1. The van der Waals surface area contributed by atoms with Crippen LogP contribution in [-0.2, 0) is 9.53 Å². The normalized spacial score (nSPS) is 12.1. The van der Waals surface area contributed by atoms with Gasteiger partial charge in [-0.25, -0.2) is 4.79 Å². The Morgan fingerprint density at radius 1 is 1.12 bits per heavy atom. The molecule has 7 heteroatoms. The van der Waals surface area contributed by atoms with Crippen LogP contribution >= 0.6 is 0 Å². The monoisotopic (exact) mass is 339 g/mol. The van der Waals surface area contributed by atoms with Crippen LogP contribution in [0.25, 0.3) is 0 Å². The second-order valence-corrected chi connectivity index (χ2v) is 6.05. The molecular formula is C17H25NO6. The third-order valence-corrected chi connectivity index (χ3v) is 3.12. The fourth-order valence-electron chi connectivity index (χ4n) is 2.17. The highest BCUT2D eigenvalue weighted by Crippen LogP contribution is 2.39. The first-order valence-corrected chi connectivity index (χ1v) is 7.48. The van der Waals surface area contributed by atoms with Crippen LogP contribution in [0.4, 0.5) is 4.79 Å². The van der Waals surface area contributed by atoms with Crippen molar-refractivity contribution in [3.8, 4) is 17.2 Å². The van der Waals surface area contributed by atoms with Gasteiger partial charge in [-0.2, -0.15) is 0 Å². The lowest BCUT2D eigenvalue weighted by Gasteiger charge is -2.25. The van der Waals surface area contributed by atoms with E-state index in [9.17, 15) is 9.59 Å². The molecule has 1 rings (SSSR count). The second-order valence-electron chi connectivity index (χ2n) is 6.05. The van der Waals surface area contributed by atoms with Crippen LogP contribution in [0, 0.1) is 0 Å². The lowest BCUT2D eigenvalue weighted by atomic mass is 10.0. The topological polar surface area (TPSA) is 83.1 Å². The lowest BCUT2D eigenvalue weighted by molar-refractivity contribution is -0.108. The van der Waals surface area contributed by atoms with Crippen molar-refractivity contribution in [1.82, 2.24) is 5.32 Å². The molecule has 0 saturated heterocycles. The SMILES string of the molecule is COc1cc(OC)c([C@H](CC=O)NC(=O)OC(C)(C)C)c(OC)c1. The van der Waals surface area contributed by atoms with Gasteiger partial charge >= 0.3 is 6.09 Å². The summed E-state index contributed by atoms with van der Waals surface area (Å²) in [5.74, 6) is 1.41. The highest BCUT2D eigenvalue weighted by molar-refractivity contribution is 5.70. The van der Waals surface area contributed by atoms with Gasteiger partial charge in [-0.1, -0.05) is 0 Å². The van der Waals surface area contributed by atoms with Gasteiger partial charge in [0.05, 0.1) is 32.9 Å². The smallest absolute Gasteiger partial charge is 0.408 e. The number of amides is 1. The van der Waals surface area contributed by atoms with Gasteiger partial charge in [0.1, 0.15) is 29.1 Å². The van der Waals surface area contributed by atoms with E-state index in [0.29, 0.717) is 29.1 Å². The molecule has 1 aromatic carbocycles. The van der Waals surface area contributed by atoms with E-state index < -0.39 is 17.7 Å². The number of carbonyl (C=O) groups excluding carboxylic acids is 2. The Labute approximate surface area is 142 Å². The maximum atomic E-state index is 12.1. The van der Waals surface area contributed by atoms with Crippen molar-refractivity contribution in [1.29, 1.82) is 0 Å². The van der Waals surface area contributed by atoms with Gasteiger partial charge in [-0.15, -0.1) is 0 Å². The molecule has 0 bridgehead atoms. The molecule has 24 heavy (non-hydrogen) atoms. The molecule has 0 unspecified atom stereocenters. The minimum Gasteiger partial charge on any atom is -0.496 e. The van der Waals surface area contributed by atoms with Crippen molar-refractivity contribution in [2.45, 2.75) is 38.8 Å². The molecule has 0 aliphatic carbocycles. The molecule has 0 spiro atoms. The summed E-state index contributed by atoms with van der Waals surface area (Å²) in [6.07, 6.45) is 0.123. The second kappa shape index (κ2) is 8.42. The summed E-state index contributed by atoms with van der Waals surface area (Å²) in [6, 6.07) is 2.66. The van der Waals surface area contributed by atoms with Crippen LogP contribution in [0.3, 0.4) is 0 Å². The minimum absolute atomic E-state index is 0.0400. The summed E-state index contributed by atoms with van der Waals surface area (Å²) in [5.41, 5.74) is -0.108. The van der Waals surface area contributed by atoms with Gasteiger partial charge in [-0.3, -0.25) is 0 Å². The number of alkyl carbamates (subject to hydrolysis) is 1. The number of nitrogens with one attached hydrogen (secondary N) is 1. The van der Waals surface area contributed by atoms with Crippen LogP contribution in [-0.4, -0.2) is 39.3 Å². The molecule has 0 saturated carbocycles. The van der Waals surface area contributed by atoms with E-state index in [0.717, 1.165) is 0 Å². The zero-order valence-corrected chi connectivity index (χ0v) is 15.0. The minimum atomic E-state index is -0.659. The van der Waals surface area contributed by atoms with Gasteiger partial charge < -0.3 is 29.1 Å². The summed E-state index contributed by atoms with van der Waals surface area (Å²) in [7, 11) is 4.50. The summed E-state index contributed by atoms with van der Waals surface area (Å²) in [6.45, 7) is 5.28. The third-order valence-electron chi connectivity index (χ3n) is 3.12. The van der Waals surface area contributed by atoms with Gasteiger partial charge in [0.2, 0.25) is 0 Å². The van der Waals surface area contributed by atoms with E-state index >= 15 is 0 Å². The Bertz CT molecular complexity index is 554. The zero-order valence-electron chi connectivity index (χ0n) is 15.0. The van der Waals surface area contributed by atoms with Gasteiger partial charge in [-0.05, 0) is 20.8 Å². The maximum Gasteiger partial charge on any atom is 0.408 e. The number of benzene rings is 1. The Kier molecular flexibility index (Phi) is 6.88. The highest BCUT2D eigenvalue weighted by atomic mass is 16.6. The Hall–Kier alpha value is -2.44. The van der Waals surface area contributed by atoms with E-state index in [1.165, 1.54) is 21.3 Å². The number of rotatable bonds is 7. The molecule has 1 aromatic rings. The molecule has 0 heterocycles. The summed E-state index contributed by atoms with van der Waals surface area (Å²) in [5, 5.41) is 2.68. The van der Waals surface area contributed by atoms with Crippen LogP contribution in [0.2, 0.25) is 0 Å². The van der Waals surface area contributed by atoms with Gasteiger partial charge in [0, 0.05) is 18.6 Å². The van der Waals surface area contributed by atoms with E-state index in [-0.39, 0.29) is 6.42 Å². The number of carbonyl (C=O) groups is 2. The fraction of sp³-hybridized carbons (Fsp3) is 0.529. The third kappa shape index (κ3) is 5.33. The van der Waals surface area contributed by atoms with E-state index in [2.05, 4.69) is 5.32 Å². The first kappa shape index (κ1) is 19.6. The zero-order chi connectivity index (χ0) is 18.3. The predicted octanol–water partition coefficient (Wildman–Crippen LogP) is 2.87. The number of hydrogen-bond acceptors (Lipinski definition) is 6. The van der Waals surface area contributed by atoms with E-state index in [4.69, 9.17) is 18.9 Å².